The summed E-state index contributed by atoms with van der Waals surface area (Å²) >= 11 is 0. The number of hydrogen-bond acceptors (Lipinski definition) is 5. The highest BCUT2D eigenvalue weighted by Crippen LogP contribution is 2.37. The molecule has 1 amide bonds. The predicted octanol–water partition coefficient (Wildman–Crippen LogP) is 1.42. The van der Waals surface area contributed by atoms with Crippen LogP contribution in [-0.4, -0.2) is 49.7 Å². The number of primary amides is 1. The second-order valence-corrected chi connectivity index (χ2v) is 6.99. The van der Waals surface area contributed by atoms with Crippen LogP contribution in [-0.2, 0) is 11.2 Å². The number of rotatable bonds is 4. The Morgan fingerprint density at radius 3 is 2.76 bits per heavy atom. The van der Waals surface area contributed by atoms with Gasteiger partial charge in [0.15, 0.2) is 5.82 Å². The summed E-state index contributed by atoms with van der Waals surface area (Å²) in [5.41, 5.74) is 6.29. The Bertz CT molecular complexity index is 741. The first-order chi connectivity index (χ1) is 12.2. The number of hydrogen-bond donors (Lipinski definition) is 1. The largest absolute Gasteiger partial charge is 0.369 e. The highest BCUT2D eigenvalue weighted by atomic mass is 16.1. The topological polar surface area (TPSA) is 89.9 Å². The lowest BCUT2D eigenvalue weighted by molar-refractivity contribution is -0.117. The SMILES string of the molecule is NC(=O)Cc1nc([C@@H]2CCCN3CCCC[C@H]23)n(-c2ccncc2)n1. The first-order valence-corrected chi connectivity index (χ1v) is 9.11. The summed E-state index contributed by atoms with van der Waals surface area (Å²) in [6.45, 7) is 2.36. The van der Waals surface area contributed by atoms with E-state index in [1.54, 1.807) is 12.4 Å². The van der Waals surface area contributed by atoms with Gasteiger partial charge in [-0.1, -0.05) is 6.42 Å². The highest BCUT2D eigenvalue weighted by Gasteiger charge is 2.37. The fourth-order valence-corrected chi connectivity index (χ4v) is 4.27. The molecule has 4 heterocycles. The minimum absolute atomic E-state index is 0.0756. The van der Waals surface area contributed by atoms with Gasteiger partial charge in [0.1, 0.15) is 5.82 Å². The maximum atomic E-state index is 11.3. The van der Waals surface area contributed by atoms with Crippen molar-refractivity contribution in [3.05, 3.63) is 36.2 Å². The van der Waals surface area contributed by atoms with Gasteiger partial charge < -0.3 is 5.73 Å². The maximum absolute atomic E-state index is 11.3. The highest BCUT2D eigenvalue weighted by molar-refractivity contribution is 5.75. The van der Waals surface area contributed by atoms with E-state index < -0.39 is 5.91 Å². The van der Waals surface area contributed by atoms with Crippen molar-refractivity contribution in [2.75, 3.05) is 13.1 Å². The van der Waals surface area contributed by atoms with Gasteiger partial charge in [0.05, 0.1) is 12.1 Å². The molecule has 2 aromatic heterocycles. The molecule has 7 nitrogen and oxygen atoms in total. The van der Waals surface area contributed by atoms with Gasteiger partial charge in [0.2, 0.25) is 5.91 Å². The molecule has 2 fully saturated rings. The monoisotopic (exact) mass is 340 g/mol. The predicted molar refractivity (Wildman–Crippen MR) is 93.2 cm³/mol. The molecule has 0 radical (unpaired) electrons. The Morgan fingerprint density at radius 1 is 1.16 bits per heavy atom. The Balaban J connectivity index is 1.74. The Hall–Kier alpha value is -2.28. The third-order valence-corrected chi connectivity index (χ3v) is 5.34. The molecule has 0 unspecified atom stereocenters. The minimum Gasteiger partial charge on any atom is -0.369 e. The van der Waals surface area contributed by atoms with E-state index in [0.29, 0.717) is 17.8 Å². The fraction of sp³-hybridized carbons (Fsp3) is 0.556. The van der Waals surface area contributed by atoms with Crippen LogP contribution in [0.25, 0.3) is 5.69 Å². The summed E-state index contributed by atoms with van der Waals surface area (Å²) in [7, 11) is 0. The second-order valence-electron chi connectivity index (χ2n) is 6.99. The second kappa shape index (κ2) is 6.92. The van der Waals surface area contributed by atoms with Gasteiger partial charge in [-0.2, -0.15) is 5.10 Å². The average molecular weight is 340 g/mol. The number of fused-ring (bicyclic) bond motifs is 1. The van der Waals surface area contributed by atoms with E-state index in [-0.39, 0.29) is 6.42 Å². The lowest BCUT2D eigenvalue weighted by Gasteiger charge is -2.43. The first-order valence-electron chi connectivity index (χ1n) is 9.11. The van der Waals surface area contributed by atoms with Crippen LogP contribution in [0.4, 0.5) is 0 Å². The summed E-state index contributed by atoms with van der Waals surface area (Å²) in [5.74, 6) is 1.41. The van der Waals surface area contributed by atoms with Gasteiger partial charge in [-0.3, -0.25) is 14.7 Å². The number of nitrogens with two attached hydrogens (primary N) is 1. The first kappa shape index (κ1) is 16.2. The number of pyridine rings is 1. The molecule has 132 valence electrons. The van der Waals surface area contributed by atoms with Crippen molar-refractivity contribution in [3.63, 3.8) is 0 Å². The third kappa shape index (κ3) is 3.28. The smallest absolute Gasteiger partial charge is 0.225 e. The van der Waals surface area contributed by atoms with Crippen LogP contribution in [0.1, 0.15) is 49.7 Å². The molecular weight excluding hydrogens is 316 g/mol. The zero-order valence-electron chi connectivity index (χ0n) is 14.3. The van der Waals surface area contributed by atoms with Crippen LogP contribution in [0.5, 0.6) is 0 Å². The van der Waals surface area contributed by atoms with Gasteiger partial charge in [0.25, 0.3) is 0 Å². The maximum Gasteiger partial charge on any atom is 0.225 e. The number of aromatic nitrogens is 4. The summed E-state index contributed by atoms with van der Waals surface area (Å²) in [5, 5.41) is 4.59. The van der Waals surface area contributed by atoms with E-state index in [1.165, 1.54) is 38.8 Å². The Morgan fingerprint density at radius 2 is 1.96 bits per heavy atom. The van der Waals surface area contributed by atoms with E-state index in [2.05, 4.69) is 15.0 Å². The van der Waals surface area contributed by atoms with Crippen LogP contribution in [0.3, 0.4) is 0 Å². The van der Waals surface area contributed by atoms with E-state index in [1.807, 2.05) is 16.8 Å². The van der Waals surface area contributed by atoms with Crippen LogP contribution in [0.15, 0.2) is 24.5 Å². The molecule has 2 atom stereocenters. The van der Waals surface area contributed by atoms with Crippen molar-refractivity contribution in [2.24, 2.45) is 5.73 Å². The lowest BCUT2D eigenvalue weighted by atomic mass is 9.83. The van der Waals surface area contributed by atoms with Gasteiger partial charge in [-0.05, 0) is 50.9 Å². The number of carbonyl (C=O) groups excluding carboxylic acids is 1. The van der Waals surface area contributed by atoms with Crippen molar-refractivity contribution in [1.29, 1.82) is 0 Å². The van der Waals surface area contributed by atoms with E-state index >= 15 is 0 Å². The standard InChI is InChI=1S/C18H24N6O/c19-16(25)12-17-21-18(24(22-17)13-6-8-20-9-7-13)14-4-3-11-23-10-2-1-5-15(14)23/h6-9,14-15H,1-5,10-12H2,(H2,19,25)/t14-,15-/m1/s1. The lowest BCUT2D eigenvalue weighted by Crippen LogP contribution is -2.47. The normalized spacial score (nSPS) is 24.0. The van der Waals surface area contributed by atoms with Gasteiger partial charge in [-0.25, -0.2) is 9.67 Å². The molecule has 25 heavy (non-hydrogen) atoms. The van der Waals surface area contributed by atoms with Crippen LogP contribution >= 0.6 is 0 Å². The molecule has 2 saturated heterocycles. The van der Waals surface area contributed by atoms with E-state index in [0.717, 1.165) is 17.9 Å². The molecule has 2 aliphatic rings. The molecule has 4 rings (SSSR count). The zero-order chi connectivity index (χ0) is 17.2. The number of carbonyl (C=O) groups is 1. The summed E-state index contributed by atoms with van der Waals surface area (Å²) < 4.78 is 1.89. The number of nitrogens with zero attached hydrogens (tertiary/aromatic N) is 5. The van der Waals surface area contributed by atoms with Crippen molar-refractivity contribution in [3.8, 4) is 5.69 Å². The van der Waals surface area contributed by atoms with Gasteiger partial charge >= 0.3 is 0 Å². The van der Waals surface area contributed by atoms with Crippen LogP contribution < -0.4 is 5.73 Å². The van der Waals surface area contributed by atoms with E-state index in [4.69, 9.17) is 10.7 Å². The number of amides is 1. The Kier molecular flexibility index (Phi) is 4.48. The summed E-state index contributed by atoms with van der Waals surface area (Å²) in [4.78, 5) is 22.8. The molecule has 0 aromatic carbocycles. The molecular formula is C18H24N6O. The third-order valence-electron chi connectivity index (χ3n) is 5.34. The van der Waals surface area contributed by atoms with Crippen molar-refractivity contribution in [1.82, 2.24) is 24.6 Å². The summed E-state index contributed by atoms with van der Waals surface area (Å²) in [6.07, 6.45) is 9.63. The molecule has 0 aliphatic carbocycles. The van der Waals surface area contributed by atoms with Crippen LogP contribution in [0, 0.1) is 0 Å². The van der Waals surface area contributed by atoms with Gasteiger partial charge in [-0.15, -0.1) is 0 Å². The summed E-state index contributed by atoms with van der Waals surface area (Å²) in [6, 6.07) is 4.37. The zero-order valence-corrected chi connectivity index (χ0v) is 14.3. The number of piperidine rings is 2. The molecule has 2 N–H and O–H groups in total. The van der Waals surface area contributed by atoms with Gasteiger partial charge in [0, 0.05) is 24.4 Å². The quantitative estimate of drug-likeness (QED) is 0.909. The van der Waals surface area contributed by atoms with Crippen molar-refractivity contribution < 1.29 is 4.79 Å². The molecule has 0 spiro atoms. The average Bonchev–Trinajstić information content (AvgIpc) is 3.05. The molecule has 0 saturated carbocycles. The fourth-order valence-electron chi connectivity index (χ4n) is 4.27. The van der Waals surface area contributed by atoms with Crippen molar-refractivity contribution in [2.45, 2.75) is 50.5 Å². The van der Waals surface area contributed by atoms with E-state index in [9.17, 15) is 4.79 Å². The Labute approximate surface area is 147 Å². The molecule has 2 aliphatic heterocycles. The van der Waals surface area contributed by atoms with Crippen LogP contribution in [0.2, 0.25) is 0 Å². The molecule has 7 heteroatoms. The van der Waals surface area contributed by atoms with Crippen molar-refractivity contribution >= 4 is 5.91 Å². The minimum atomic E-state index is -0.402. The molecule has 2 aromatic rings. The molecule has 0 bridgehead atoms.